The van der Waals surface area contributed by atoms with Gasteiger partial charge in [0.05, 0.1) is 13.5 Å². The zero-order chi connectivity index (χ0) is 15.0. The lowest BCUT2D eigenvalue weighted by atomic mass is 9.84. The van der Waals surface area contributed by atoms with Crippen LogP contribution >= 0.6 is 0 Å². The Labute approximate surface area is 122 Å². The number of nitrogens with zero attached hydrogens (tertiary/aromatic N) is 2. The van der Waals surface area contributed by atoms with Crippen molar-refractivity contribution in [1.82, 2.24) is 9.80 Å². The summed E-state index contributed by atoms with van der Waals surface area (Å²) in [5.74, 6) is 0.149. The van der Waals surface area contributed by atoms with E-state index in [0.29, 0.717) is 13.1 Å². The Morgan fingerprint density at radius 1 is 1.10 bits per heavy atom. The maximum atomic E-state index is 12.4. The van der Waals surface area contributed by atoms with Gasteiger partial charge in [0.2, 0.25) is 5.91 Å². The van der Waals surface area contributed by atoms with Gasteiger partial charge in [-0.2, -0.15) is 0 Å². The molecular weight excluding hydrogens is 256 g/mol. The van der Waals surface area contributed by atoms with Crippen LogP contribution in [0.1, 0.15) is 39.5 Å². The van der Waals surface area contributed by atoms with Gasteiger partial charge in [0.1, 0.15) is 0 Å². The average Bonchev–Trinajstić information content (AvgIpc) is 2.40. The van der Waals surface area contributed by atoms with E-state index in [-0.39, 0.29) is 24.2 Å². The zero-order valence-electron chi connectivity index (χ0n) is 13.1. The molecule has 1 aliphatic rings. The summed E-state index contributed by atoms with van der Waals surface area (Å²) in [6.07, 6.45) is 3.43. The molecule has 0 heterocycles. The zero-order valence-corrected chi connectivity index (χ0v) is 13.1. The van der Waals surface area contributed by atoms with Gasteiger partial charge in [0.25, 0.3) is 0 Å². The monoisotopic (exact) mass is 284 g/mol. The van der Waals surface area contributed by atoms with Crippen LogP contribution < -0.4 is 0 Å². The largest absolute Gasteiger partial charge is 0.469 e. The van der Waals surface area contributed by atoms with Crippen molar-refractivity contribution in [1.29, 1.82) is 0 Å². The Morgan fingerprint density at radius 3 is 2.20 bits per heavy atom. The summed E-state index contributed by atoms with van der Waals surface area (Å²) in [5.41, 5.74) is 0. The molecule has 0 aromatic carbocycles. The highest BCUT2D eigenvalue weighted by atomic mass is 16.5. The van der Waals surface area contributed by atoms with Crippen molar-refractivity contribution in [3.05, 3.63) is 0 Å². The van der Waals surface area contributed by atoms with Crippen molar-refractivity contribution in [2.24, 2.45) is 5.92 Å². The van der Waals surface area contributed by atoms with Gasteiger partial charge in [0.15, 0.2) is 0 Å². The Bertz CT molecular complexity index is 312. The number of hydrogen-bond acceptors (Lipinski definition) is 4. The summed E-state index contributed by atoms with van der Waals surface area (Å²) in [6.45, 7) is 8.26. The van der Waals surface area contributed by atoms with E-state index in [0.717, 1.165) is 38.9 Å². The predicted molar refractivity (Wildman–Crippen MR) is 78.3 cm³/mol. The van der Waals surface area contributed by atoms with Crippen molar-refractivity contribution in [2.45, 2.75) is 39.5 Å². The van der Waals surface area contributed by atoms with Gasteiger partial charge in [0, 0.05) is 25.6 Å². The van der Waals surface area contributed by atoms with E-state index >= 15 is 0 Å². The fraction of sp³-hybridized carbons (Fsp3) is 0.867. The van der Waals surface area contributed by atoms with Gasteiger partial charge >= 0.3 is 5.97 Å². The van der Waals surface area contributed by atoms with Gasteiger partial charge in [-0.3, -0.25) is 9.59 Å². The van der Waals surface area contributed by atoms with E-state index in [4.69, 9.17) is 0 Å². The number of likely N-dealkylation sites (N-methyl/N-ethyl adjacent to an activating group) is 1. The minimum Gasteiger partial charge on any atom is -0.469 e. The van der Waals surface area contributed by atoms with Gasteiger partial charge in [-0.05, 0) is 25.9 Å². The first kappa shape index (κ1) is 17.0. The average molecular weight is 284 g/mol. The molecule has 0 radical (unpaired) electrons. The summed E-state index contributed by atoms with van der Waals surface area (Å²) in [6, 6.07) is 0. The number of rotatable bonds is 9. The quantitative estimate of drug-likeness (QED) is 0.602. The molecule has 1 fully saturated rings. The number of amides is 1. The SMILES string of the molecule is CCN(CC)CCN(CCC(=O)OC)C(=O)C1CCC1. The third-order valence-corrected chi connectivity index (χ3v) is 4.16. The summed E-state index contributed by atoms with van der Waals surface area (Å²) < 4.78 is 4.66. The fourth-order valence-corrected chi connectivity index (χ4v) is 2.38. The van der Waals surface area contributed by atoms with Crippen LogP contribution in [0.25, 0.3) is 0 Å². The number of esters is 1. The van der Waals surface area contributed by atoms with Gasteiger partial charge < -0.3 is 14.5 Å². The minimum absolute atomic E-state index is 0.185. The maximum Gasteiger partial charge on any atom is 0.307 e. The third kappa shape index (κ3) is 5.12. The van der Waals surface area contributed by atoms with Crippen molar-refractivity contribution in [2.75, 3.05) is 39.8 Å². The fourth-order valence-electron chi connectivity index (χ4n) is 2.38. The lowest BCUT2D eigenvalue weighted by molar-refractivity contribution is -0.143. The van der Waals surface area contributed by atoms with Crippen molar-refractivity contribution < 1.29 is 14.3 Å². The molecule has 0 aromatic rings. The molecule has 1 saturated carbocycles. The van der Waals surface area contributed by atoms with Crippen LogP contribution in [0.15, 0.2) is 0 Å². The van der Waals surface area contributed by atoms with Crippen LogP contribution in [-0.4, -0.2) is 61.5 Å². The molecule has 5 nitrogen and oxygen atoms in total. The number of carbonyl (C=O) groups excluding carboxylic acids is 2. The van der Waals surface area contributed by atoms with Crippen LogP contribution in [0.4, 0.5) is 0 Å². The van der Waals surface area contributed by atoms with Gasteiger partial charge in [-0.15, -0.1) is 0 Å². The molecule has 5 heteroatoms. The Balaban J connectivity index is 2.48. The molecule has 0 N–H and O–H groups in total. The highest BCUT2D eigenvalue weighted by Gasteiger charge is 2.29. The van der Waals surface area contributed by atoms with Crippen LogP contribution in [0, 0.1) is 5.92 Å². The summed E-state index contributed by atoms with van der Waals surface area (Å²) in [5, 5.41) is 0. The Hall–Kier alpha value is -1.10. The number of carbonyl (C=O) groups is 2. The van der Waals surface area contributed by atoms with Crippen LogP contribution in [-0.2, 0) is 14.3 Å². The first-order chi connectivity index (χ1) is 9.62. The summed E-state index contributed by atoms with van der Waals surface area (Å²) >= 11 is 0. The normalized spacial score (nSPS) is 15.0. The maximum absolute atomic E-state index is 12.4. The molecule has 0 bridgehead atoms. The molecule has 0 saturated heterocycles. The standard InChI is InChI=1S/C15H28N2O3/c1-4-16(5-2)11-12-17(10-9-14(18)20-3)15(19)13-7-6-8-13/h13H,4-12H2,1-3H3. The van der Waals surface area contributed by atoms with Gasteiger partial charge in [-0.25, -0.2) is 0 Å². The van der Waals surface area contributed by atoms with E-state index in [1.165, 1.54) is 7.11 Å². The second kappa shape index (κ2) is 8.95. The molecule has 1 aliphatic carbocycles. The molecule has 0 atom stereocenters. The topological polar surface area (TPSA) is 49.9 Å². The van der Waals surface area contributed by atoms with E-state index < -0.39 is 0 Å². The van der Waals surface area contributed by atoms with Crippen molar-refractivity contribution >= 4 is 11.9 Å². The third-order valence-electron chi connectivity index (χ3n) is 4.16. The summed E-state index contributed by atoms with van der Waals surface area (Å²) in [4.78, 5) is 27.8. The number of methoxy groups -OCH3 is 1. The number of ether oxygens (including phenoxy) is 1. The molecule has 116 valence electrons. The predicted octanol–water partition coefficient (Wildman–Crippen LogP) is 1.52. The molecule has 1 amide bonds. The number of hydrogen-bond donors (Lipinski definition) is 0. The summed E-state index contributed by atoms with van der Waals surface area (Å²) in [7, 11) is 1.39. The molecule has 0 unspecified atom stereocenters. The Morgan fingerprint density at radius 2 is 1.75 bits per heavy atom. The second-order valence-corrected chi connectivity index (χ2v) is 5.31. The van der Waals surface area contributed by atoms with E-state index in [9.17, 15) is 9.59 Å². The first-order valence-corrected chi connectivity index (χ1v) is 7.70. The highest BCUT2D eigenvalue weighted by molar-refractivity contribution is 5.80. The van der Waals surface area contributed by atoms with Crippen LogP contribution in [0.3, 0.4) is 0 Å². The lowest BCUT2D eigenvalue weighted by Gasteiger charge is -2.33. The highest BCUT2D eigenvalue weighted by Crippen LogP contribution is 2.28. The van der Waals surface area contributed by atoms with Crippen LogP contribution in [0.5, 0.6) is 0 Å². The first-order valence-electron chi connectivity index (χ1n) is 7.70. The van der Waals surface area contributed by atoms with E-state index in [1.54, 1.807) is 0 Å². The van der Waals surface area contributed by atoms with Crippen molar-refractivity contribution in [3.63, 3.8) is 0 Å². The molecule has 0 spiro atoms. The molecular formula is C15H28N2O3. The lowest BCUT2D eigenvalue weighted by Crippen LogP contribution is -2.44. The minimum atomic E-state index is -0.251. The molecule has 0 aromatic heterocycles. The van der Waals surface area contributed by atoms with E-state index in [1.807, 2.05) is 4.90 Å². The smallest absolute Gasteiger partial charge is 0.307 e. The van der Waals surface area contributed by atoms with Crippen molar-refractivity contribution in [3.8, 4) is 0 Å². The molecule has 1 rings (SSSR count). The van der Waals surface area contributed by atoms with Gasteiger partial charge in [-0.1, -0.05) is 20.3 Å². The Kier molecular flexibility index (Phi) is 7.59. The van der Waals surface area contributed by atoms with Crippen LogP contribution in [0.2, 0.25) is 0 Å². The second-order valence-electron chi connectivity index (χ2n) is 5.31. The van der Waals surface area contributed by atoms with E-state index in [2.05, 4.69) is 23.5 Å². The molecule has 0 aliphatic heterocycles. The molecule has 20 heavy (non-hydrogen) atoms.